The van der Waals surface area contributed by atoms with E-state index in [9.17, 15) is 4.79 Å². The minimum Gasteiger partial charge on any atom is -0.465 e. The van der Waals surface area contributed by atoms with E-state index in [1.807, 2.05) is 30.3 Å². The zero-order valence-corrected chi connectivity index (χ0v) is 14.7. The van der Waals surface area contributed by atoms with E-state index >= 15 is 0 Å². The fourth-order valence-corrected chi connectivity index (χ4v) is 2.39. The largest absolute Gasteiger partial charge is 0.465 e. The summed E-state index contributed by atoms with van der Waals surface area (Å²) >= 11 is 5.24. The molecule has 0 saturated carbocycles. The molecule has 0 amide bonds. The van der Waals surface area contributed by atoms with E-state index in [0.29, 0.717) is 28.1 Å². The van der Waals surface area contributed by atoms with E-state index < -0.39 is 5.97 Å². The summed E-state index contributed by atoms with van der Waals surface area (Å²) in [7, 11) is 1.34. The molecule has 26 heavy (non-hydrogen) atoms. The molecule has 1 aromatic heterocycles. The number of nitrogens with one attached hydrogen (secondary N) is 2. The molecule has 3 rings (SSSR count). The summed E-state index contributed by atoms with van der Waals surface area (Å²) in [5.74, 6) is 0.523. The number of aromatic nitrogens is 2. The zero-order valence-electron chi connectivity index (χ0n) is 13.9. The standard InChI is InChI=1S/C18H16N4O3S/c1-24-17(23)13-8-5-9-14(10-13)20-18(26)19-11-15-21-16(22-25-15)12-6-3-2-4-7-12/h2-10H,11H2,1H3,(H2,19,20,26). The maximum Gasteiger partial charge on any atom is 0.337 e. The number of nitrogens with zero attached hydrogens (tertiary/aromatic N) is 2. The number of benzene rings is 2. The first kappa shape index (κ1) is 17.6. The number of anilines is 1. The first-order valence-corrected chi connectivity index (χ1v) is 8.18. The van der Waals surface area contributed by atoms with Crippen LogP contribution in [0.4, 0.5) is 5.69 Å². The molecule has 0 atom stereocenters. The summed E-state index contributed by atoms with van der Waals surface area (Å²) in [5.41, 5.74) is 1.98. The maximum atomic E-state index is 11.6. The van der Waals surface area contributed by atoms with Gasteiger partial charge >= 0.3 is 5.97 Å². The molecule has 0 aliphatic rings. The molecule has 0 spiro atoms. The Morgan fingerprint density at radius 1 is 1.19 bits per heavy atom. The fourth-order valence-electron chi connectivity index (χ4n) is 2.20. The molecule has 132 valence electrons. The Labute approximate surface area is 155 Å². The lowest BCUT2D eigenvalue weighted by atomic mass is 10.2. The van der Waals surface area contributed by atoms with Gasteiger partial charge in [-0.25, -0.2) is 4.79 Å². The molecule has 0 aliphatic heterocycles. The number of methoxy groups -OCH3 is 1. The van der Waals surface area contributed by atoms with Gasteiger partial charge in [0.15, 0.2) is 5.11 Å². The first-order valence-electron chi connectivity index (χ1n) is 7.77. The third-order valence-corrected chi connectivity index (χ3v) is 3.69. The molecule has 2 aromatic carbocycles. The van der Waals surface area contributed by atoms with Crippen LogP contribution in [0.2, 0.25) is 0 Å². The van der Waals surface area contributed by atoms with Crippen molar-refractivity contribution >= 4 is 29.0 Å². The van der Waals surface area contributed by atoms with Crippen LogP contribution in [0, 0.1) is 0 Å². The van der Waals surface area contributed by atoms with Gasteiger partial charge in [-0.2, -0.15) is 4.98 Å². The summed E-state index contributed by atoms with van der Waals surface area (Å²) in [5, 5.41) is 10.3. The van der Waals surface area contributed by atoms with Crippen LogP contribution in [0.25, 0.3) is 11.4 Å². The lowest BCUT2D eigenvalue weighted by Crippen LogP contribution is -2.28. The number of hydrogen-bond acceptors (Lipinski definition) is 6. The van der Waals surface area contributed by atoms with Crippen molar-refractivity contribution in [3.05, 3.63) is 66.1 Å². The number of thiocarbonyl (C=S) groups is 1. The highest BCUT2D eigenvalue weighted by Gasteiger charge is 2.09. The number of carbonyl (C=O) groups excluding carboxylic acids is 1. The van der Waals surface area contributed by atoms with Gasteiger partial charge in [0.2, 0.25) is 11.7 Å². The SMILES string of the molecule is COC(=O)c1cccc(NC(=S)NCc2nc(-c3ccccc3)no2)c1. The maximum absolute atomic E-state index is 11.6. The molecule has 8 heteroatoms. The van der Waals surface area contributed by atoms with Crippen molar-refractivity contribution < 1.29 is 14.1 Å². The van der Waals surface area contributed by atoms with E-state index in [4.69, 9.17) is 21.5 Å². The normalized spacial score (nSPS) is 10.2. The van der Waals surface area contributed by atoms with E-state index in [1.165, 1.54) is 7.11 Å². The Kier molecular flexibility index (Phi) is 5.55. The zero-order chi connectivity index (χ0) is 18.4. The summed E-state index contributed by atoms with van der Waals surface area (Å²) in [4.78, 5) is 15.9. The van der Waals surface area contributed by atoms with Gasteiger partial charge in [0.05, 0.1) is 19.2 Å². The number of ether oxygens (including phenoxy) is 1. The molecule has 3 aromatic rings. The lowest BCUT2D eigenvalue weighted by molar-refractivity contribution is 0.0601. The fraction of sp³-hybridized carbons (Fsp3) is 0.111. The molecular weight excluding hydrogens is 352 g/mol. The molecule has 0 unspecified atom stereocenters. The Morgan fingerprint density at radius 2 is 2.00 bits per heavy atom. The third-order valence-electron chi connectivity index (χ3n) is 3.44. The quantitative estimate of drug-likeness (QED) is 0.525. The molecule has 7 nitrogen and oxygen atoms in total. The van der Waals surface area contributed by atoms with E-state index in [0.717, 1.165) is 5.56 Å². The van der Waals surface area contributed by atoms with Gasteiger partial charge in [-0.15, -0.1) is 0 Å². The van der Waals surface area contributed by atoms with E-state index in [1.54, 1.807) is 24.3 Å². The second-order valence-corrected chi connectivity index (χ2v) is 5.67. The third kappa shape index (κ3) is 4.42. The Balaban J connectivity index is 1.56. The van der Waals surface area contributed by atoms with Crippen molar-refractivity contribution in [3.63, 3.8) is 0 Å². The minimum atomic E-state index is -0.410. The van der Waals surface area contributed by atoms with Crippen LogP contribution in [0.3, 0.4) is 0 Å². The van der Waals surface area contributed by atoms with Gasteiger partial charge in [-0.1, -0.05) is 41.6 Å². The molecule has 0 fully saturated rings. The Hall–Kier alpha value is -3.26. The number of rotatable bonds is 5. The van der Waals surface area contributed by atoms with E-state index in [-0.39, 0.29) is 6.54 Å². The molecule has 0 radical (unpaired) electrons. The van der Waals surface area contributed by atoms with Crippen LogP contribution in [-0.2, 0) is 11.3 Å². The van der Waals surface area contributed by atoms with Crippen molar-refractivity contribution in [2.24, 2.45) is 0 Å². The van der Waals surface area contributed by atoms with Gasteiger partial charge in [0, 0.05) is 11.3 Å². The Morgan fingerprint density at radius 3 is 2.77 bits per heavy atom. The Bertz CT molecular complexity index is 912. The van der Waals surface area contributed by atoms with Gasteiger partial charge in [0.25, 0.3) is 0 Å². The second kappa shape index (κ2) is 8.21. The van der Waals surface area contributed by atoms with Crippen LogP contribution < -0.4 is 10.6 Å². The molecule has 0 saturated heterocycles. The first-order chi connectivity index (χ1) is 12.7. The highest BCUT2D eigenvalue weighted by Crippen LogP contribution is 2.15. The van der Waals surface area contributed by atoms with Crippen LogP contribution in [-0.4, -0.2) is 28.3 Å². The lowest BCUT2D eigenvalue weighted by Gasteiger charge is -2.09. The molecule has 1 heterocycles. The summed E-state index contributed by atoms with van der Waals surface area (Å²) in [6.45, 7) is 0.280. The molecule has 2 N–H and O–H groups in total. The van der Waals surface area contributed by atoms with Crippen molar-refractivity contribution in [2.75, 3.05) is 12.4 Å². The van der Waals surface area contributed by atoms with Crippen LogP contribution >= 0.6 is 12.2 Å². The van der Waals surface area contributed by atoms with Crippen molar-refractivity contribution in [3.8, 4) is 11.4 Å². The average Bonchev–Trinajstić information content (AvgIpc) is 3.16. The van der Waals surface area contributed by atoms with E-state index in [2.05, 4.69) is 20.8 Å². The summed E-state index contributed by atoms with van der Waals surface area (Å²) < 4.78 is 9.91. The monoisotopic (exact) mass is 368 g/mol. The van der Waals surface area contributed by atoms with Gasteiger partial charge in [-0.3, -0.25) is 0 Å². The summed E-state index contributed by atoms with van der Waals surface area (Å²) in [6, 6.07) is 16.4. The molecular formula is C18H16N4O3S. The second-order valence-electron chi connectivity index (χ2n) is 5.26. The van der Waals surface area contributed by atoms with Gasteiger partial charge < -0.3 is 19.9 Å². The van der Waals surface area contributed by atoms with Crippen LogP contribution in [0.15, 0.2) is 59.1 Å². The topological polar surface area (TPSA) is 89.3 Å². The summed E-state index contributed by atoms with van der Waals surface area (Å²) in [6.07, 6.45) is 0. The van der Waals surface area contributed by atoms with Crippen LogP contribution in [0.1, 0.15) is 16.2 Å². The number of carbonyl (C=O) groups is 1. The van der Waals surface area contributed by atoms with Gasteiger partial charge in [-0.05, 0) is 30.4 Å². The number of hydrogen-bond donors (Lipinski definition) is 2. The van der Waals surface area contributed by atoms with Crippen LogP contribution in [0.5, 0.6) is 0 Å². The number of esters is 1. The average molecular weight is 368 g/mol. The van der Waals surface area contributed by atoms with Gasteiger partial charge in [0.1, 0.15) is 0 Å². The smallest absolute Gasteiger partial charge is 0.337 e. The molecule has 0 aliphatic carbocycles. The van der Waals surface area contributed by atoms with Crippen molar-refractivity contribution in [1.82, 2.24) is 15.5 Å². The predicted molar refractivity (Wildman–Crippen MR) is 101 cm³/mol. The predicted octanol–water partition coefficient (Wildman–Crippen LogP) is 3.01. The van der Waals surface area contributed by atoms with Crippen molar-refractivity contribution in [1.29, 1.82) is 0 Å². The van der Waals surface area contributed by atoms with Crippen molar-refractivity contribution in [2.45, 2.75) is 6.54 Å². The highest BCUT2D eigenvalue weighted by molar-refractivity contribution is 7.80. The molecule has 0 bridgehead atoms. The highest BCUT2D eigenvalue weighted by atomic mass is 32.1. The minimum absolute atomic E-state index is 0.280.